The van der Waals surface area contributed by atoms with Gasteiger partial charge in [0.25, 0.3) is 0 Å². The molecule has 118 valence electrons. The van der Waals surface area contributed by atoms with Crippen molar-refractivity contribution in [2.45, 2.75) is 30.4 Å². The van der Waals surface area contributed by atoms with Crippen molar-refractivity contribution < 1.29 is 4.79 Å². The van der Waals surface area contributed by atoms with Crippen LogP contribution < -0.4 is 5.32 Å². The zero-order chi connectivity index (χ0) is 16.1. The monoisotopic (exact) mass is 375 g/mol. The van der Waals surface area contributed by atoms with E-state index in [4.69, 9.17) is 23.2 Å². The standard InChI is InChI=1S/C14H15Cl2N3OS2/c1-8(2)6-12(20)17-13-18-19-14(22-13)21-7-9-10(15)4-3-5-11(9)16/h3-5,8H,6-7H2,1-2H3,(H,17,18,20). The Labute approximate surface area is 147 Å². The van der Waals surface area contributed by atoms with Gasteiger partial charge in [-0.1, -0.05) is 66.2 Å². The number of nitrogens with one attached hydrogen (secondary N) is 1. The third-order valence-corrected chi connectivity index (χ3v) is 5.35. The fourth-order valence-electron chi connectivity index (χ4n) is 1.66. The molecule has 0 aliphatic carbocycles. The highest BCUT2D eigenvalue weighted by Gasteiger charge is 2.12. The molecule has 0 bridgehead atoms. The second-order valence-corrected chi connectivity index (χ2v) is 8.02. The molecule has 0 unspecified atom stereocenters. The van der Waals surface area contributed by atoms with E-state index in [1.807, 2.05) is 19.9 Å². The van der Waals surface area contributed by atoms with Crippen LogP contribution in [0, 0.1) is 5.92 Å². The summed E-state index contributed by atoms with van der Waals surface area (Å²) < 4.78 is 0.760. The molecule has 1 heterocycles. The number of carbonyl (C=O) groups is 1. The number of anilines is 1. The predicted octanol–water partition coefficient (Wildman–Crippen LogP) is 5.12. The van der Waals surface area contributed by atoms with Crippen LogP contribution in [0.2, 0.25) is 10.0 Å². The van der Waals surface area contributed by atoms with E-state index < -0.39 is 0 Å². The molecule has 0 aliphatic rings. The average molecular weight is 376 g/mol. The quantitative estimate of drug-likeness (QED) is 0.562. The van der Waals surface area contributed by atoms with Gasteiger partial charge in [-0.2, -0.15) is 0 Å². The number of hydrogen-bond acceptors (Lipinski definition) is 5. The lowest BCUT2D eigenvalue weighted by molar-refractivity contribution is -0.116. The van der Waals surface area contributed by atoms with Gasteiger partial charge in [-0.05, 0) is 23.6 Å². The number of benzene rings is 1. The van der Waals surface area contributed by atoms with Gasteiger partial charge in [0.2, 0.25) is 11.0 Å². The zero-order valence-electron chi connectivity index (χ0n) is 12.1. The predicted molar refractivity (Wildman–Crippen MR) is 94.0 cm³/mol. The van der Waals surface area contributed by atoms with Crippen LogP contribution in [0.4, 0.5) is 5.13 Å². The Balaban J connectivity index is 1.94. The molecule has 1 aromatic carbocycles. The molecular weight excluding hydrogens is 361 g/mol. The van der Waals surface area contributed by atoms with Crippen molar-refractivity contribution in [1.82, 2.24) is 10.2 Å². The molecule has 2 aromatic rings. The molecule has 0 aliphatic heterocycles. The summed E-state index contributed by atoms with van der Waals surface area (Å²) in [4.78, 5) is 11.7. The molecule has 1 aromatic heterocycles. The highest BCUT2D eigenvalue weighted by atomic mass is 35.5. The zero-order valence-corrected chi connectivity index (χ0v) is 15.2. The van der Waals surface area contributed by atoms with Gasteiger partial charge >= 0.3 is 0 Å². The van der Waals surface area contributed by atoms with E-state index in [-0.39, 0.29) is 5.91 Å². The van der Waals surface area contributed by atoms with Crippen LogP contribution in [-0.4, -0.2) is 16.1 Å². The van der Waals surface area contributed by atoms with E-state index in [9.17, 15) is 4.79 Å². The number of amides is 1. The molecule has 0 spiro atoms. The highest BCUT2D eigenvalue weighted by molar-refractivity contribution is 8.00. The summed E-state index contributed by atoms with van der Waals surface area (Å²) in [5.41, 5.74) is 0.872. The summed E-state index contributed by atoms with van der Waals surface area (Å²) in [5.74, 6) is 0.869. The van der Waals surface area contributed by atoms with Crippen LogP contribution in [0.3, 0.4) is 0 Å². The van der Waals surface area contributed by atoms with Crippen LogP contribution in [0.15, 0.2) is 22.5 Å². The summed E-state index contributed by atoms with van der Waals surface area (Å²) in [6.07, 6.45) is 0.470. The molecule has 0 radical (unpaired) electrons. The Bertz CT molecular complexity index is 641. The number of carbonyl (C=O) groups excluding carboxylic acids is 1. The Kier molecular flexibility index (Phi) is 6.50. The van der Waals surface area contributed by atoms with Gasteiger partial charge < -0.3 is 5.32 Å². The summed E-state index contributed by atoms with van der Waals surface area (Å²) in [6.45, 7) is 3.99. The number of aromatic nitrogens is 2. The first-order valence-corrected chi connectivity index (χ1v) is 9.20. The van der Waals surface area contributed by atoms with E-state index in [2.05, 4.69) is 15.5 Å². The van der Waals surface area contributed by atoms with Gasteiger partial charge in [-0.25, -0.2) is 0 Å². The van der Waals surface area contributed by atoms with E-state index in [0.717, 1.165) is 9.90 Å². The molecule has 0 fully saturated rings. The summed E-state index contributed by atoms with van der Waals surface area (Å²) in [7, 11) is 0. The maximum absolute atomic E-state index is 11.7. The fourth-order valence-corrected chi connectivity index (χ4v) is 4.17. The van der Waals surface area contributed by atoms with Gasteiger partial charge in [0.15, 0.2) is 4.34 Å². The molecule has 0 saturated heterocycles. The largest absolute Gasteiger partial charge is 0.300 e. The third kappa shape index (κ3) is 5.12. The highest BCUT2D eigenvalue weighted by Crippen LogP contribution is 2.33. The van der Waals surface area contributed by atoms with Crippen LogP contribution in [0.1, 0.15) is 25.8 Å². The molecule has 1 amide bonds. The number of rotatable bonds is 6. The molecule has 2 rings (SSSR count). The molecule has 22 heavy (non-hydrogen) atoms. The van der Waals surface area contributed by atoms with Crippen molar-refractivity contribution in [3.63, 3.8) is 0 Å². The van der Waals surface area contributed by atoms with Crippen LogP contribution in [0.25, 0.3) is 0 Å². The minimum Gasteiger partial charge on any atom is -0.300 e. The Hall–Kier alpha value is -0.820. The fraction of sp³-hybridized carbons (Fsp3) is 0.357. The van der Waals surface area contributed by atoms with Crippen molar-refractivity contribution in [3.8, 4) is 0 Å². The number of nitrogens with zero attached hydrogens (tertiary/aromatic N) is 2. The van der Waals surface area contributed by atoms with Gasteiger partial charge in [-0.15, -0.1) is 10.2 Å². The summed E-state index contributed by atoms with van der Waals surface area (Å²) in [5, 5.41) is 12.6. The molecular formula is C14H15Cl2N3OS2. The lowest BCUT2D eigenvalue weighted by Crippen LogP contribution is -2.13. The maximum atomic E-state index is 11.7. The first-order valence-electron chi connectivity index (χ1n) is 6.64. The maximum Gasteiger partial charge on any atom is 0.226 e. The molecule has 0 saturated carbocycles. The van der Waals surface area contributed by atoms with Crippen molar-refractivity contribution in [2.24, 2.45) is 5.92 Å². The number of halogens is 2. The van der Waals surface area contributed by atoms with Crippen molar-refractivity contribution in [2.75, 3.05) is 5.32 Å². The summed E-state index contributed by atoms with van der Waals surface area (Å²) >= 11 is 15.1. The van der Waals surface area contributed by atoms with E-state index in [1.165, 1.54) is 23.1 Å². The number of thioether (sulfide) groups is 1. The Morgan fingerprint density at radius 3 is 2.64 bits per heavy atom. The minimum atomic E-state index is -0.0446. The van der Waals surface area contributed by atoms with Gasteiger partial charge in [0.05, 0.1) is 0 Å². The SMILES string of the molecule is CC(C)CC(=O)Nc1nnc(SCc2c(Cl)cccc2Cl)s1. The van der Waals surface area contributed by atoms with Crippen LogP contribution in [-0.2, 0) is 10.5 Å². The second-order valence-electron chi connectivity index (χ2n) is 5.01. The molecule has 8 heteroatoms. The second kappa shape index (κ2) is 8.15. The minimum absolute atomic E-state index is 0.0446. The molecule has 1 N–H and O–H groups in total. The van der Waals surface area contributed by atoms with Crippen LogP contribution in [0.5, 0.6) is 0 Å². The lowest BCUT2D eigenvalue weighted by atomic mass is 10.1. The Morgan fingerprint density at radius 2 is 2.00 bits per heavy atom. The first kappa shape index (κ1) is 17.5. The molecule has 0 atom stereocenters. The van der Waals surface area contributed by atoms with Gasteiger partial charge in [0, 0.05) is 22.2 Å². The first-order chi connectivity index (χ1) is 10.5. The van der Waals surface area contributed by atoms with Crippen LogP contribution >= 0.6 is 46.3 Å². The van der Waals surface area contributed by atoms with Crippen molar-refractivity contribution in [3.05, 3.63) is 33.8 Å². The van der Waals surface area contributed by atoms with Crippen molar-refractivity contribution >= 4 is 57.3 Å². The topological polar surface area (TPSA) is 54.9 Å². The Morgan fingerprint density at radius 1 is 1.32 bits per heavy atom. The third-order valence-electron chi connectivity index (χ3n) is 2.65. The van der Waals surface area contributed by atoms with Crippen molar-refractivity contribution in [1.29, 1.82) is 0 Å². The molecule has 4 nitrogen and oxygen atoms in total. The van der Waals surface area contributed by atoms with E-state index >= 15 is 0 Å². The average Bonchev–Trinajstić information content (AvgIpc) is 2.84. The van der Waals surface area contributed by atoms with Gasteiger partial charge in [-0.3, -0.25) is 4.79 Å². The van der Waals surface area contributed by atoms with E-state index in [1.54, 1.807) is 12.1 Å². The lowest BCUT2D eigenvalue weighted by Gasteiger charge is -2.04. The normalized spacial score (nSPS) is 11.0. The van der Waals surface area contributed by atoms with E-state index in [0.29, 0.717) is 33.3 Å². The summed E-state index contributed by atoms with van der Waals surface area (Å²) in [6, 6.07) is 5.42. The number of hydrogen-bond donors (Lipinski definition) is 1. The van der Waals surface area contributed by atoms with Gasteiger partial charge in [0.1, 0.15) is 0 Å². The smallest absolute Gasteiger partial charge is 0.226 e.